The Morgan fingerprint density at radius 1 is 1.15 bits per heavy atom. The van der Waals surface area contributed by atoms with Crippen molar-refractivity contribution in [3.8, 4) is 5.75 Å². The van der Waals surface area contributed by atoms with Crippen molar-refractivity contribution in [2.75, 3.05) is 7.05 Å². The maximum atomic E-state index is 12.5. The zero-order chi connectivity index (χ0) is 14.6. The minimum atomic E-state index is -4.64. The molecule has 0 radical (unpaired) electrons. The minimum Gasteiger partial charge on any atom is -0.405 e. The summed E-state index contributed by atoms with van der Waals surface area (Å²) in [4.78, 5) is 0. The number of alkyl halides is 3. The van der Waals surface area contributed by atoms with E-state index in [1.807, 2.05) is 7.05 Å². The number of ether oxygens (including phenoxy) is 1. The number of rotatable bonds is 3. The molecule has 1 aliphatic carbocycles. The second-order valence-electron chi connectivity index (χ2n) is 5.29. The molecular formula is C15H20F3NO. The first-order valence-electron chi connectivity index (χ1n) is 7.01. The van der Waals surface area contributed by atoms with E-state index < -0.39 is 6.36 Å². The first-order chi connectivity index (χ1) is 9.49. The number of nitrogens with one attached hydrogen (secondary N) is 1. The SMILES string of the molecule is CNC1CCCCC(c2ccccc2OC(F)(F)F)C1. The number of benzene rings is 1. The predicted molar refractivity (Wildman–Crippen MR) is 71.8 cm³/mol. The molecule has 0 saturated heterocycles. The van der Waals surface area contributed by atoms with Gasteiger partial charge in [0.2, 0.25) is 0 Å². The topological polar surface area (TPSA) is 21.3 Å². The Kier molecular flexibility index (Phi) is 4.91. The van der Waals surface area contributed by atoms with Crippen molar-refractivity contribution in [3.63, 3.8) is 0 Å². The standard InChI is InChI=1S/C15H20F3NO/c1-19-12-7-3-2-6-11(10-12)13-8-4-5-9-14(13)20-15(16,17)18/h4-5,8-9,11-12,19H,2-3,6-7,10H2,1H3. The Labute approximate surface area is 117 Å². The molecule has 1 aromatic rings. The van der Waals surface area contributed by atoms with E-state index in [-0.39, 0.29) is 11.7 Å². The van der Waals surface area contributed by atoms with Crippen LogP contribution in [0.4, 0.5) is 13.2 Å². The molecule has 2 rings (SSSR count). The van der Waals surface area contributed by atoms with Crippen LogP contribution >= 0.6 is 0 Å². The van der Waals surface area contributed by atoms with E-state index in [9.17, 15) is 13.2 Å². The third kappa shape index (κ3) is 4.13. The van der Waals surface area contributed by atoms with E-state index in [1.165, 1.54) is 6.07 Å². The van der Waals surface area contributed by atoms with Gasteiger partial charge >= 0.3 is 6.36 Å². The average molecular weight is 287 g/mol. The molecule has 1 saturated carbocycles. The van der Waals surface area contributed by atoms with Crippen molar-refractivity contribution >= 4 is 0 Å². The van der Waals surface area contributed by atoms with Crippen molar-refractivity contribution in [1.29, 1.82) is 0 Å². The summed E-state index contributed by atoms with van der Waals surface area (Å²) in [6, 6.07) is 6.88. The van der Waals surface area contributed by atoms with Gasteiger partial charge in [0.1, 0.15) is 5.75 Å². The molecule has 2 unspecified atom stereocenters. The maximum Gasteiger partial charge on any atom is 0.573 e. The van der Waals surface area contributed by atoms with Gasteiger partial charge in [-0.15, -0.1) is 13.2 Å². The van der Waals surface area contributed by atoms with Crippen LogP contribution in [-0.4, -0.2) is 19.5 Å². The molecule has 20 heavy (non-hydrogen) atoms. The summed E-state index contributed by atoms with van der Waals surface area (Å²) in [7, 11) is 1.91. The summed E-state index contributed by atoms with van der Waals surface area (Å²) in [6.45, 7) is 0. The molecule has 0 spiro atoms. The molecule has 2 atom stereocenters. The predicted octanol–water partition coefficient (Wildman–Crippen LogP) is 4.22. The Bertz CT molecular complexity index is 433. The van der Waals surface area contributed by atoms with Gasteiger partial charge in [0.25, 0.3) is 0 Å². The van der Waals surface area contributed by atoms with Crippen LogP contribution in [0.1, 0.15) is 43.6 Å². The van der Waals surface area contributed by atoms with Gasteiger partial charge in [-0.05, 0) is 43.9 Å². The van der Waals surface area contributed by atoms with E-state index in [4.69, 9.17) is 0 Å². The molecule has 1 aromatic carbocycles. The lowest BCUT2D eigenvalue weighted by Gasteiger charge is -2.22. The normalized spacial score (nSPS) is 24.2. The van der Waals surface area contributed by atoms with Crippen molar-refractivity contribution in [2.45, 2.75) is 50.4 Å². The van der Waals surface area contributed by atoms with E-state index in [1.54, 1.807) is 18.2 Å². The van der Waals surface area contributed by atoms with E-state index in [0.717, 1.165) is 32.1 Å². The average Bonchev–Trinajstić information content (AvgIpc) is 2.63. The van der Waals surface area contributed by atoms with Gasteiger partial charge in [-0.1, -0.05) is 31.0 Å². The molecule has 0 bridgehead atoms. The fraction of sp³-hybridized carbons (Fsp3) is 0.600. The van der Waals surface area contributed by atoms with Gasteiger partial charge in [-0.25, -0.2) is 0 Å². The molecule has 1 fully saturated rings. The summed E-state index contributed by atoms with van der Waals surface area (Å²) in [5.74, 6) is 0.0650. The lowest BCUT2D eigenvalue weighted by atomic mass is 9.89. The lowest BCUT2D eigenvalue weighted by molar-refractivity contribution is -0.275. The zero-order valence-electron chi connectivity index (χ0n) is 11.5. The number of para-hydroxylation sites is 1. The third-order valence-electron chi connectivity index (χ3n) is 3.92. The summed E-state index contributed by atoms with van der Waals surface area (Å²) in [5.41, 5.74) is 0.673. The van der Waals surface area contributed by atoms with Crippen molar-refractivity contribution in [1.82, 2.24) is 5.32 Å². The number of hydrogen-bond donors (Lipinski definition) is 1. The molecular weight excluding hydrogens is 267 g/mol. The van der Waals surface area contributed by atoms with Gasteiger partial charge in [-0.2, -0.15) is 0 Å². The molecule has 2 nitrogen and oxygen atoms in total. The first kappa shape index (κ1) is 15.2. The van der Waals surface area contributed by atoms with Gasteiger partial charge in [-0.3, -0.25) is 0 Å². The van der Waals surface area contributed by atoms with Crippen LogP contribution in [0.3, 0.4) is 0 Å². The smallest absolute Gasteiger partial charge is 0.405 e. The second kappa shape index (κ2) is 6.48. The van der Waals surface area contributed by atoms with Gasteiger partial charge in [0.15, 0.2) is 0 Å². The second-order valence-corrected chi connectivity index (χ2v) is 5.29. The monoisotopic (exact) mass is 287 g/mol. The van der Waals surface area contributed by atoms with Crippen molar-refractivity contribution < 1.29 is 17.9 Å². The van der Waals surface area contributed by atoms with Crippen LogP contribution in [0.15, 0.2) is 24.3 Å². The van der Waals surface area contributed by atoms with Crippen LogP contribution in [0, 0.1) is 0 Å². The highest BCUT2D eigenvalue weighted by atomic mass is 19.4. The highest BCUT2D eigenvalue weighted by Crippen LogP contribution is 2.38. The van der Waals surface area contributed by atoms with Crippen molar-refractivity contribution in [2.24, 2.45) is 0 Å². The Balaban J connectivity index is 2.22. The maximum absolute atomic E-state index is 12.5. The third-order valence-corrected chi connectivity index (χ3v) is 3.92. The minimum absolute atomic E-state index is 0.0539. The van der Waals surface area contributed by atoms with Gasteiger partial charge < -0.3 is 10.1 Å². The van der Waals surface area contributed by atoms with Crippen molar-refractivity contribution in [3.05, 3.63) is 29.8 Å². The van der Waals surface area contributed by atoms with Crippen LogP contribution < -0.4 is 10.1 Å². The van der Waals surface area contributed by atoms with Crippen LogP contribution in [0.5, 0.6) is 5.75 Å². The molecule has 0 heterocycles. The van der Waals surface area contributed by atoms with Gasteiger partial charge in [0.05, 0.1) is 0 Å². The van der Waals surface area contributed by atoms with E-state index in [2.05, 4.69) is 10.1 Å². The van der Waals surface area contributed by atoms with Crippen LogP contribution in [0.2, 0.25) is 0 Å². The van der Waals surface area contributed by atoms with Gasteiger partial charge in [0, 0.05) is 6.04 Å². The fourth-order valence-corrected chi connectivity index (χ4v) is 2.94. The summed E-state index contributed by atoms with van der Waals surface area (Å²) in [6.07, 6.45) is 0.372. The zero-order valence-corrected chi connectivity index (χ0v) is 11.5. The highest BCUT2D eigenvalue weighted by molar-refractivity contribution is 5.36. The number of hydrogen-bond acceptors (Lipinski definition) is 2. The highest BCUT2D eigenvalue weighted by Gasteiger charge is 2.33. The molecule has 0 amide bonds. The van der Waals surface area contributed by atoms with E-state index >= 15 is 0 Å². The molecule has 0 aromatic heterocycles. The first-order valence-corrected chi connectivity index (χ1v) is 7.01. The molecule has 112 valence electrons. The largest absolute Gasteiger partial charge is 0.573 e. The fourth-order valence-electron chi connectivity index (χ4n) is 2.94. The Morgan fingerprint density at radius 2 is 1.85 bits per heavy atom. The Hall–Kier alpha value is -1.23. The molecule has 5 heteroatoms. The summed E-state index contributed by atoms with van der Waals surface area (Å²) >= 11 is 0. The Morgan fingerprint density at radius 3 is 2.55 bits per heavy atom. The van der Waals surface area contributed by atoms with Crippen LogP contribution in [-0.2, 0) is 0 Å². The quantitative estimate of drug-likeness (QED) is 0.840. The molecule has 1 aliphatic rings. The number of halogens is 3. The van der Waals surface area contributed by atoms with Crippen LogP contribution in [0.25, 0.3) is 0 Å². The lowest BCUT2D eigenvalue weighted by Crippen LogP contribution is -2.26. The molecule has 1 N–H and O–H groups in total. The molecule has 0 aliphatic heterocycles. The summed E-state index contributed by atoms with van der Waals surface area (Å²) in [5, 5.41) is 3.25. The summed E-state index contributed by atoms with van der Waals surface area (Å²) < 4.78 is 41.6. The van der Waals surface area contributed by atoms with E-state index in [0.29, 0.717) is 11.6 Å².